The molecule has 2 aromatic carbocycles. The molecule has 1 amide bonds. The molecule has 0 aliphatic rings. The third kappa shape index (κ3) is 5.65. The molecule has 5 nitrogen and oxygen atoms in total. The number of hydrogen-bond donors (Lipinski definition) is 2. The van der Waals surface area contributed by atoms with Gasteiger partial charge in [-0.15, -0.1) is 13.2 Å². The van der Waals surface area contributed by atoms with Gasteiger partial charge in [0.1, 0.15) is 12.4 Å². The van der Waals surface area contributed by atoms with E-state index in [1.165, 1.54) is 12.1 Å². The maximum Gasteiger partial charge on any atom is 0.573 e. The summed E-state index contributed by atoms with van der Waals surface area (Å²) in [6, 6.07) is 7.42. The van der Waals surface area contributed by atoms with Crippen molar-refractivity contribution in [2.45, 2.75) is 19.8 Å². The van der Waals surface area contributed by atoms with Crippen LogP contribution in [-0.4, -0.2) is 38.6 Å². The molecular weight excluding hydrogens is 385 g/mol. The van der Waals surface area contributed by atoms with Gasteiger partial charge in [0.05, 0.1) is 11.3 Å². The fourth-order valence-electron chi connectivity index (χ4n) is 3.08. The molecule has 0 unspecified atom stereocenters. The third-order valence-electron chi connectivity index (χ3n) is 4.15. The monoisotopic (exact) mass is 406 g/mol. The predicted octanol–water partition coefficient (Wildman–Crippen LogP) is 3.22. The number of ether oxygens (including phenoxy) is 1. The number of hydrogen-bond acceptors (Lipinski definition) is 4. The van der Waals surface area contributed by atoms with Crippen molar-refractivity contribution in [2.75, 3.05) is 25.6 Å². The van der Waals surface area contributed by atoms with Crippen LogP contribution in [0.15, 0.2) is 30.3 Å². The molecule has 0 radical (unpaired) electrons. The van der Waals surface area contributed by atoms with Gasteiger partial charge in [-0.05, 0) is 47.4 Å². The molecule has 0 atom stereocenters. The van der Waals surface area contributed by atoms with Crippen LogP contribution in [0.3, 0.4) is 0 Å². The van der Waals surface area contributed by atoms with Gasteiger partial charge in [0.25, 0.3) is 0 Å². The van der Waals surface area contributed by atoms with E-state index < -0.39 is 6.36 Å². The zero-order chi connectivity index (χ0) is 21.6. The van der Waals surface area contributed by atoms with Crippen molar-refractivity contribution in [3.63, 3.8) is 0 Å². The minimum absolute atomic E-state index is 0.211. The SMILES string of the molecule is Cc1c(-c2ccc(OC(F)(F)F)cc2)cc(CNC=O)c(C#CCO)c1N(C)C. The van der Waals surface area contributed by atoms with E-state index in [0.717, 1.165) is 22.4 Å². The number of aliphatic hydroxyl groups is 1. The minimum Gasteiger partial charge on any atom is -0.406 e. The number of nitrogens with zero attached hydrogens (tertiary/aromatic N) is 1. The first-order valence-corrected chi connectivity index (χ1v) is 8.64. The van der Waals surface area contributed by atoms with Gasteiger partial charge in [0.2, 0.25) is 6.41 Å². The van der Waals surface area contributed by atoms with Crippen molar-refractivity contribution in [3.8, 4) is 28.7 Å². The van der Waals surface area contributed by atoms with Gasteiger partial charge in [-0.25, -0.2) is 0 Å². The van der Waals surface area contributed by atoms with Crippen LogP contribution in [0.2, 0.25) is 0 Å². The first kappa shape index (κ1) is 22.1. The number of carbonyl (C=O) groups excluding carboxylic acids is 1. The maximum atomic E-state index is 12.4. The Hall–Kier alpha value is -3.18. The quantitative estimate of drug-likeness (QED) is 0.571. The lowest BCUT2D eigenvalue weighted by Crippen LogP contribution is -2.17. The van der Waals surface area contributed by atoms with Crippen LogP contribution in [0.5, 0.6) is 5.75 Å². The Kier molecular flexibility index (Phi) is 7.13. The van der Waals surface area contributed by atoms with Crippen LogP contribution in [-0.2, 0) is 11.3 Å². The number of carbonyl (C=O) groups is 1. The van der Waals surface area contributed by atoms with Crippen LogP contribution < -0.4 is 15.0 Å². The highest BCUT2D eigenvalue weighted by Gasteiger charge is 2.31. The number of anilines is 1. The van der Waals surface area contributed by atoms with Crippen LogP contribution >= 0.6 is 0 Å². The molecule has 0 spiro atoms. The van der Waals surface area contributed by atoms with Crippen molar-refractivity contribution >= 4 is 12.1 Å². The Bertz CT molecular complexity index is 927. The first-order chi connectivity index (χ1) is 13.7. The van der Waals surface area contributed by atoms with Crippen molar-refractivity contribution in [1.29, 1.82) is 0 Å². The zero-order valence-corrected chi connectivity index (χ0v) is 16.2. The van der Waals surface area contributed by atoms with Crippen LogP contribution in [0.25, 0.3) is 11.1 Å². The van der Waals surface area contributed by atoms with E-state index in [1.54, 1.807) is 12.1 Å². The lowest BCUT2D eigenvalue weighted by molar-refractivity contribution is -0.274. The van der Waals surface area contributed by atoms with Gasteiger partial charge in [0.15, 0.2) is 0 Å². The highest BCUT2D eigenvalue weighted by atomic mass is 19.4. The van der Waals surface area contributed by atoms with Crippen molar-refractivity contribution in [2.24, 2.45) is 0 Å². The molecule has 29 heavy (non-hydrogen) atoms. The molecule has 0 aromatic heterocycles. The molecule has 154 valence electrons. The Morgan fingerprint density at radius 3 is 2.41 bits per heavy atom. The van der Waals surface area contributed by atoms with Crippen LogP contribution in [0, 0.1) is 18.8 Å². The number of amides is 1. The summed E-state index contributed by atoms with van der Waals surface area (Å²) in [5.41, 5.74) is 4.51. The lowest BCUT2D eigenvalue weighted by atomic mass is 9.91. The topological polar surface area (TPSA) is 61.8 Å². The van der Waals surface area contributed by atoms with Gasteiger partial charge in [-0.3, -0.25) is 4.79 Å². The third-order valence-corrected chi connectivity index (χ3v) is 4.15. The summed E-state index contributed by atoms with van der Waals surface area (Å²) in [6.07, 6.45) is -4.18. The molecule has 0 aliphatic heterocycles. The molecule has 2 aromatic rings. The van der Waals surface area contributed by atoms with Crippen molar-refractivity contribution < 1.29 is 27.8 Å². The first-order valence-electron chi connectivity index (χ1n) is 8.64. The Labute approximate surface area is 167 Å². The highest BCUT2D eigenvalue weighted by molar-refractivity contribution is 5.80. The van der Waals surface area contributed by atoms with Crippen LogP contribution in [0.4, 0.5) is 18.9 Å². The molecule has 0 bridgehead atoms. The molecule has 8 heteroatoms. The molecule has 0 heterocycles. The Morgan fingerprint density at radius 1 is 1.24 bits per heavy atom. The van der Waals surface area contributed by atoms with E-state index in [2.05, 4.69) is 21.9 Å². The Morgan fingerprint density at radius 2 is 1.90 bits per heavy atom. The predicted molar refractivity (Wildman–Crippen MR) is 104 cm³/mol. The summed E-state index contributed by atoms with van der Waals surface area (Å²) >= 11 is 0. The summed E-state index contributed by atoms with van der Waals surface area (Å²) in [4.78, 5) is 12.7. The molecule has 2 N–H and O–H groups in total. The van der Waals surface area contributed by atoms with Gasteiger partial charge in [0, 0.05) is 20.6 Å². The number of nitrogens with one attached hydrogen (secondary N) is 1. The molecule has 0 aliphatic carbocycles. The van der Waals surface area contributed by atoms with Gasteiger partial charge in [-0.2, -0.15) is 0 Å². The molecule has 0 saturated heterocycles. The summed E-state index contributed by atoms with van der Waals surface area (Å²) in [6.45, 7) is 1.78. The van der Waals surface area contributed by atoms with E-state index in [-0.39, 0.29) is 18.9 Å². The second kappa shape index (κ2) is 9.34. The fraction of sp³-hybridized carbons (Fsp3) is 0.286. The number of halogens is 3. The summed E-state index contributed by atoms with van der Waals surface area (Å²) in [7, 11) is 3.68. The summed E-state index contributed by atoms with van der Waals surface area (Å²) in [5, 5.41) is 11.7. The maximum absolute atomic E-state index is 12.4. The van der Waals surface area contributed by atoms with E-state index in [9.17, 15) is 18.0 Å². The van der Waals surface area contributed by atoms with E-state index >= 15 is 0 Å². The molecular formula is C21H21F3N2O3. The minimum atomic E-state index is -4.75. The lowest BCUT2D eigenvalue weighted by Gasteiger charge is -2.23. The van der Waals surface area contributed by atoms with Crippen LogP contribution in [0.1, 0.15) is 16.7 Å². The van der Waals surface area contributed by atoms with E-state index in [4.69, 9.17) is 5.11 Å². The van der Waals surface area contributed by atoms with Crippen molar-refractivity contribution in [3.05, 3.63) is 47.0 Å². The number of aliphatic hydroxyl groups excluding tert-OH is 1. The largest absolute Gasteiger partial charge is 0.573 e. The average Bonchev–Trinajstić information content (AvgIpc) is 2.64. The molecule has 0 fully saturated rings. The number of benzene rings is 2. The number of alkyl halides is 3. The van der Waals surface area contributed by atoms with E-state index in [1.807, 2.05) is 32.0 Å². The van der Waals surface area contributed by atoms with Gasteiger partial charge in [-0.1, -0.05) is 24.0 Å². The second-order valence-corrected chi connectivity index (χ2v) is 6.36. The summed E-state index contributed by atoms with van der Waals surface area (Å²) < 4.78 is 41.1. The summed E-state index contributed by atoms with van der Waals surface area (Å²) in [5.74, 6) is 5.26. The van der Waals surface area contributed by atoms with Gasteiger partial charge < -0.3 is 20.1 Å². The fourth-order valence-corrected chi connectivity index (χ4v) is 3.08. The molecule has 0 saturated carbocycles. The highest BCUT2D eigenvalue weighted by Crippen LogP contribution is 2.36. The smallest absolute Gasteiger partial charge is 0.406 e. The standard InChI is InChI=1S/C21H21F3N2O3/c1-14-19(15-6-8-17(9-7-15)29-21(22,23)24)11-16(12-25-13-28)18(5-4-10-27)20(14)26(2)3/h6-9,11,13,27H,10,12H2,1-3H3,(H,25,28). The number of rotatable bonds is 6. The molecule has 2 rings (SSSR count). The zero-order valence-electron chi connectivity index (χ0n) is 16.2. The Balaban J connectivity index is 2.62. The van der Waals surface area contributed by atoms with Crippen molar-refractivity contribution in [1.82, 2.24) is 5.32 Å². The average molecular weight is 406 g/mol. The van der Waals surface area contributed by atoms with Gasteiger partial charge >= 0.3 is 6.36 Å². The van der Waals surface area contributed by atoms with E-state index in [0.29, 0.717) is 17.5 Å². The normalized spacial score (nSPS) is 10.7. The second-order valence-electron chi connectivity index (χ2n) is 6.36.